The third kappa shape index (κ3) is 4.64. The summed E-state index contributed by atoms with van der Waals surface area (Å²) in [5.74, 6) is 1.23. The van der Waals surface area contributed by atoms with Crippen LogP contribution in [0.5, 0.6) is 0 Å². The first kappa shape index (κ1) is 14.3. The number of thioether (sulfide) groups is 1. The first-order valence-corrected chi connectivity index (χ1v) is 7.42. The van der Waals surface area contributed by atoms with E-state index in [1.165, 1.54) is 31.4 Å². The van der Waals surface area contributed by atoms with Crippen LogP contribution in [0, 0.1) is 5.41 Å². The molecule has 1 rings (SSSR count). The third-order valence-electron chi connectivity index (χ3n) is 3.53. The van der Waals surface area contributed by atoms with E-state index in [4.69, 9.17) is 4.74 Å². The van der Waals surface area contributed by atoms with Crippen molar-refractivity contribution in [3.05, 3.63) is 0 Å². The van der Waals surface area contributed by atoms with Gasteiger partial charge in [-0.15, -0.1) is 0 Å². The van der Waals surface area contributed by atoms with Gasteiger partial charge in [0.1, 0.15) is 0 Å². The highest BCUT2D eigenvalue weighted by atomic mass is 32.2. The molecule has 0 aromatic rings. The fraction of sp³-hybridized carbons (Fsp3) is 1.00. The van der Waals surface area contributed by atoms with Gasteiger partial charge >= 0.3 is 0 Å². The smallest absolute Gasteiger partial charge is 0.0470 e. The van der Waals surface area contributed by atoms with Gasteiger partial charge in [-0.05, 0) is 43.9 Å². The molecule has 96 valence electrons. The minimum absolute atomic E-state index is 0.534. The van der Waals surface area contributed by atoms with Crippen molar-refractivity contribution >= 4 is 11.8 Å². The van der Waals surface area contributed by atoms with Crippen molar-refractivity contribution in [2.75, 3.05) is 26.5 Å². The quantitative estimate of drug-likeness (QED) is 0.727. The summed E-state index contributed by atoms with van der Waals surface area (Å²) in [5, 5.41) is 4.26. The van der Waals surface area contributed by atoms with Crippen LogP contribution in [0.4, 0.5) is 0 Å². The Labute approximate surface area is 105 Å². The van der Waals surface area contributed by atoms with E-state index < -0.39 is 0 Å². The van der Waals surface area contributed by atoms with Crippen molar-refractivity contribution < 1.29 is 4.74 Å². The van der Waals surface area contributed by atoms with Crippen molar-refractivity contribution in [3.63, 3.8) is 0 Å². The predicted octanol–water partition coefficient (Wildman–Crippen LogP) is 2.92. The van der Waals surface area contributed by atoms with Gasteiger partial charge in [0.15, 0.2) is 0 Å². The molecule has 2 atom stereocenters. The zero-order valence-corrected chi connectivity index (χ0v) is 12.0. The second-order valence-corrected chi connectivity index (χ2v) is 6.90. The average molecular weight is 245 g/mol. The van der Waals surface area contributed by atoms with Crippen LogP contribution < -0.4 is 5.32 Å². The number of hydrogen-bond acceptors (Lipinski definition) is 3. The molecule has 2 unspecified atom stereocenters. The monoisotopic (exact) mass is 245 g/mol. The zero-order chi connectivity index (χ0) is 12.0. The maximum absolute atomic E-state index is 5.10. The summed E-state index contributed by atoms with van der Waals surface area (Å²) in [7, 11) is 3.89. The summed E-state index contributed by atoms with van der Waals surface area (Å²) in [4.78, 5) is 0. The van der Waals surface area contributed by atoms with Crippen molar-refractivity contribution in [1.29, 1.82) is 0 Å². The molecule has 1 fully saturated rings. The van der Waals surface area contributed by atoms with E-state index in [2.05, 4.69) is 38.0 Å². The molecule has 0 heterocycles. The number of nitrogens with one attached hydrogen (secondary N) is 1. The first-order valence-electron chi connectivity index (χ1n) is 6.37. The summed E-state index contributed by atoms with van der Waals surface area (Å²) in [6.45, 7) is 5.70. The molecule has 0 bridgehead atoms. The van der Waals surface area contributed by atoms with Gasteiger partial charge in [-0.3, -0.25) is 0 Å². The van der Waals surface area contributed by atoms with E-state index >= 15 is 0 Å². The maximum atomic E-state index is 5.10. The number of rotatable bonds is 6. The summed E-state index contributed by atoms with van der Waals surface area (Å²) >= 11 is 2.13. The fourth-order valence-corrected chi connectivity index (χ4v) is 4.13. The van der Waals surface area contributed by atoms with Crippen molar-refractivity contribution in [2.45, 2.75) is 50.8 Å². The first-order chi connectivity index (χ1) is 7.59. The lowest BCUT2D eigenvalue weighted by Crippen LogP contribution is -2.43. The van der Waals surface area contributed by atoms with Crippen LogP contribution in [0.25, 0.3) is 0 Å². The Balaban J connectivity index is 2.34. The molecule has 1 aliphatic rings. The van der Waals surface area contributed by atoms with E-state index in [1.807, 2.05) is 0 Å². The second-order valence-electron chi connectivity index (χ2n) is 5.56. The Hall–Kier alpha value is 0.270. The van der Waals surface area contributed by atoms with Crippen LogP contribution in [0.2, 0.25) is 0 Å². The Bertz CT molecular complexity index is 196. The molecule has 2 nitrogen and oxygen atoms in total. The Morgan fingerprint density at radius 1 is 1.44 bits per heavy atom. The van der Waals surface area contributed by atoms with Crippen LogP contribution in [0.3, 0.4) is 0 Å². The average Bonchev–Trinajstić information content (AvgIpc) is 2.24. The van der Waals surface area contributed by atoms with Gasteiger partial charge in [0.05, 0.1) is 0 Å². The topological polar surface area (TPSA) is 21.3 Å². The lowest BCUT2D eigenvalue weighted by Gasteiger charge is -2.40. The molecular formula is C13H27NOS. The SMILES string of the molecule is CNC1CCC(C)(C)CC1SCCCOC. The van der Waals surface area contributed by atoms with Crippen LogP contribution in [0.1, 0.15) is 39.5 Å². The number of methoxy groups -OCH3 is 1. The van der Waals surface area contributed by atoms with E-state index in [1.54, 1.807) is 7.11 Å². The maximum Gasteiger partial charge on any atom is 0.0470 e. The van der Waals surface area contributed by atoms with Gasteiger partial charge in [0.2, 0.25) is 0 Å². The molecule has 1 N–H and O–H groups in total. The summed E-state index contributed by atoms with van der Waals surface area (Å²) in [5.41, 5.74) is 0.534. The highest BCUT2D eigenvalue weighted by molar-refractivity contribution is 7.99. The molecule has 0 spiro atoms. The van der Waals surface area contributed by atoms with Gasteiger partial charge in [0.25, 0.3) is 0 Å². The Morgan fingerprint density at radius 2 is 2.19 bits per heavy atom. The zero-order valence-electron chi connectivity index (χ0n) is 11.2. The normalized spacial score (nSPS) is 29.2. The van der Waals surface area contributed by atoms with E-state index in [-0.39, 0.29) is 0 Å². The van der Waals surface area contributed by atoms with Crippen molar-refractivity contribution in [3.8, 4) is 0 Å². The standard InChI is InChI=1S/C13H27NOS/c1-13(2)7-6-11(14-3)12(10-13)16-9-5-8-15-4/h11-12,14H,5-10H2,1-4H3. The molecule has 0 aliphatic heterocycles. The van der Waals surface area contributed by atoms with Crippen molar-refractivity contribution in [1.82, 2.24) is 5.32 Å². The molecule has 0 aromatic heterocycles. The van der Waals surface area contributed by atoms with E-state index in [0.29, 0.717) is 11.5 Å². The largest absolute Gasteiger partial charge is 0.385 e. The highest BCUT2D eigenvalue weighted by Crippen LogP contribution is 2.40. The number of ether oxygens (including phenoxy) is 1. The van der Waals surface area contributed by atoms with E-state index in [0.717, 1.165) is 11.9 Å². The second kappa shape index (κ2) is 6.87. The van der Waals surface area contributed by atoms with Crippen LogP contribution in [0.15, 0.2) is 0 Å². The third-order valence-corrected chi connectivity index (χ3v) is 4.98. The van der Waals surface area contributed by atoms with Gasteiger partial charge in [-0.1, -0.05) is 13.8 Å². The van der Waals surface area contributed by atoms with Crippen LogP contribution in [-0.4, -0.2) is 37.8 Å². The van der Waals surface area contributed by atoms with Gasteiger partial charge in [-0.2, -0.15) is 11.8 Å². The Morgan fingerprint density at radius 3 is 2.81 bits per heavy atom. The van der Waals surface area contributed by atoms with Crippen LogP contribution in [-0.2, 0) is 4.74 Å². The molecule has 0 amide bonds. The lowest BCUT2D eigenvalue weighted by molar-refractivity contribution is 0.199. The molecule has 0 aromatic carbocycles. The van der Waals surface area contributed by atoms with Gasteiger partial charge in [-0.25, -0.2) is 0 Å². The summed E-state index contributed by atoms with van der Waals surface area (Å²) < 4.78 is 5.10. The van der Waals surface area contributed by atoms with Gasteiger partial charge < -0.3 is 10.1 Å². The van der Waals surface area contributed by atoms with Crippen molar-refractivity contribution in [2.24, 2.45) is 5.41 Å². The molecular weight excluding hydrogens is 218 g/mol. The molecule has 1 aliphatic carbocycles. The fourth-order valence-electron chi connectivity index (χ4n) is 2.46. The predicted molar refractivity (Wildman–Crippen MR) is 73.2 cm³/mol. The molecule has 3 heteroatoms. The number of hydrogen-bond donors (Lipinski definition) is 1. The lowest BCUT2D eigenvalue weighted by atomic mass is 9.75. The summed E-state index contributed by atoms with van der Waals surface area (Å²) in [6.07, 6.45) is 5.20. The van der Waals surface area contributed by atoms with Gasteiger partial charge in [0, 0.05) is 25.0 Å². The molecule has 0 radical (unpaired) electrons. The minimum Gasteiger partial charge on any atom is -0.385 e. The van der Waals surface area contributed by atoms with Crippen LogP contribution >= 0.6 is 11.8 Å². The Kier molecular flexibility index (Phi) is 6.16. The molecule has 0 saturated heterocycles. The minimum atomic E-state index is 0.534. The molecule has 1 saturated carbocycles. The molecule has 16 heavy (non-hydrogen) atoms. The van der Waals surface area contributed by atoms with E-state index in [9.17, 15) is 0 Å². The summed E-state index contributed by atoms with van der Waals surface area (Å²) in [6, 6.07) is 0.709. The highest BCUT2D eigenvalue weighted by Gasteiger charge is 2.33.